The molecule has 2 aliphatic rings. The van der Waals surface area contributed by atoms with Crippen LogP contribution in [0.15, 0.2) is 18.2 Å². The number of likely N-dealkylation sites (tertiary alicyclic amines) is 1. The highest BCUT2D eigenvalue weighted by atomic mass is 35.5. The summed E-state index contributed by atoms with van der Waals surface area (Å²) >= 11 is 6.13. The molecule has 2 aliphatic heterocycles. The molecule has 26 heavy (non-hydrogen) atoms. The molecule has 0 aromatic heterocycles. The third-order valence-electron chi connectivity index (χ3n) is 5.60. The first-order chi connectivity index (χ1) is 12.6. The molecule has 0 radical (unpaired) electrons. The molecule has 0 unspecified atom stereocenters. The van der Waals surface area contributed by atoms with Crippen molar-refractivity contribution in [2.75, 3.05) is 57.7 Å². The van der Waals surface area contributed by atoms with Gasteiger partial charge >= 0.3 is 6.03 Å². The number of piperidine rings is 1. The van der Waals surface area contributed by atoms with Gasteiger partial charge in [0, 0.05) is 62.6 Å². The zero-order chi connectivity index (χ0) is 18.5. The highest BCUT2D eigenvalue weighted by Gasteiger charge is 2.29. The van der Waals surface area contributed by atoms with E-state index >= 15 is 0 Å². The molecule has 0 saturated carbocycles. The number of aliphatic hydroxyl groups is 1. The Morgan fingerprint density at radius 3 is 2.54 bits per heavy atom. The maximum atomic E-state index is 12.6. The fraction of sp³-hybridized carbons (Fsp3) is 0.632. The number of benzene rings is 1. The van der Waals surface area contributed by atoms with Gasteiger partial charge in [0.1, 0.15) is 0 Å². The van der Waals surface area contributed by atoms with Crippen molar-refractivity contribution in [2.45, 2.75) is 25.8 Å². The summed E-state index contributed by atoms with van der Waals surface area (Å²) < 4.78 is 0. The third kappa shape index (κ3) is 4.68. The van der Waals surface area contributed by atoms with Crippen molar-refractivity contribution in [3.8, 4) is 0 Å². The molecule has 0 atom stereocenters. The number of nitrogens with zero attached hydrogens (tertiary/aromatic N) is 3. The highest BCUT2D eigenvalue weighted by Crippen LogP contribution is 2.24. The number of hydrogen-bond donors (Lipinski definition) is 2. The van der Waals surface area contributed by atoms with Crippen LogP contribution in [0.4, 0.5) is 10.5 Å². The molecule has 1 aromatic rings. The quantitative estimate of drug-likeness (QED) is 0.841. The van der Waals surface area contributed by atoms with E-state index in [0.29, 0.717) is 11.1 Å². The Bertz CT molecular complexity index is 612. The predicted octanol–water partition coefficient (Wildman–Crippen LogP) is 2.25. The molecule has 6 nitrogen and oxygen atoms in total. The van der Waals surface area contributed by atoms with Crippen LogP contribution in [-0.4, -0.2) is 84.3 Å². The summed E-state index contributed by atoms with van der Waals surface area (Å²) in [6, 6.07) is 6.09. The molecule has 2 heterocycles. The second kappa shape index (κ2) is 9.04. The molecule has 0 aliphatic carbocycles. The Hall–Kier alpha value is -1.34. The second-order valence-corrected chi connectivity index (χ2v) is 7.57. The highest BCUT2D eigenvalue weighted by molar-refractivity contribution is 6.31. The number of carbonyl (C=O) groups excluding carboxylic acids is 1. The van der Waals surface area contributed by atoms with Crippen LogP contribution < -0.4 is 5.32 Å². The lowest BCUT2D eigenvalue weighted by Crippen LogP contribution is -2.54. The van der Waals surface area contributed by atoms with Crippen molar-refractivity contribution < 1.29 is 9.90 Å². The number of urea groups is 1. The van der Waals surface area contributed by atoms with Crippen LogP contribution in [0.2, 0.25) is 5.02 Å². The maximum Gasteiger partial charge on any atom is 0.321 e. The normalized spacial score (nSPS) is 20.3. The van der Waals surface area contributed by atoms with Gasteiger partial charge in [-0.2, -0.15) is 0 Å². The first kappa shape index (κ1) is 19.4. The largest absolute Gasteiger partial charge is 0.395 e. The van der Waals surface area contributed by atoms with Gasteiger partial charge < -0.3 is 15.3 Å². The fourth-order valence-electron chi connectivity index (χ4n) is 3.86. The van der Waals surface area contributed by atoms with E-state index in [9.17, 15) is 4.79 Å². The van der Waals surface area contributed by atoms with Gasteiger partial charge in [-0.1, -0.05) is 17.7 Å². The van der Waals surface area contributed by atoms with E-state index in [0.717, 1.165) is 69.9 Å². The van der Waals surface area contributed by atoms with Gasteiger partial charge in [-0.3, -0.25) is 9.80 Å². The SMILES string of the molecule is Cc1c(Cl)cccc1NC(=O)N1CCC(N2CCN(CCO)CC2)CC1. The van der Waals surface area contributed by atoms with E-state index in [4.69, 9.17) is 16.7 Å². The topological polar surface area (TPSA) is 59.1 Å². The average Bonchev–Trinajstić information content (AvgIpc) is 2.66. The number of piperazine rings is 1. The average molecular weight is 381 g/mol. The van der Waals surface area contributed by atoms with Crippen LogP contribution >= 0.6 is 11.6 Å². The Balaban J connectivity index is 1.46. The van der Waals surface area contributed by atoms with Crippen LogP contribution in [0.5, 0.6) is 0 Å². The van der Waals surface area contributed by atoms with Crippen molar-refractivity contribution in [3.63, 3.8) is 0 Å². The van der Waals surface area contributed by atoms with E-state index in [1.54, 1.807) is 0 Å². The molecule has 2 saturated heterocycles. The molecule has 144 valence electrons. The molecule has 3 rings (SSSR count). The molecule has 0 bridgehead atoms. The number of halogens is 1. The van der Waals surface area contributed by atoms with E-state index in [1.807, 2.05) is 30.0 Å². The molecule has 1 aromatic carbocycles. The number of anilines is 1. The van der Waals surface area contributed by atoms with Crippen LogP contribution in [0.1, 0.15) is 18.4 Å². The van der Waals surface area contributed by atoms with Crippen molar-refractivity contribution in [1.29, 1.82) is 0 Å². The van der Waals surface area contributed by atoms with Gasteiger partial charge in [-0.05, 0) is 37.5 Å². The van der Waals surface area contributed by atoms with Crippen LogP contribution in [-0.2, 0) is 0 Å². The fourth-order valence-corrected chi connectivity index (χ4v) is 4.04. The van der Waals surface area contributed by atoms with Crippen LogP contribution in [0, 0.1) is 6.92 Å². The van der Waals surface area contributed by atoms with Crippen molar-refractivity contribution >= 4 is 23.3 Å². The lowest BCUT2D eigenvalue weighted by molar-refractivity contribution is 0.0598. The first-order valence-electron chi connectivity index (χ1n) is 9.47. The Morgan fingerprint density at radius 2 is 1.88 bits per heavy atom. The molecule has 2 fully saturated rings. The van der Waals surface area contributed by atoms with E-state index in [1.165, 1.54) is 0 Å². The summed E-state index contributed by atoms with van der Waals surface area (Å²) in [6.45, 7) is 8.65. The summed E-state index contributed by atoms with van der Waals surface area (Å²) in [5.74, 6) is 0. The van der Waals surface area contributed by atoms with Gasteiger partial charge in [0.25, 0.3) is 0 Å². The summed E-state index contributed by atoms with van der Waals surface area (Å²) in [4.78, 5) is 19.3. The van der Waals surface area contributed by atoms with Gasteiger partial charge in [0.05, 0.1) is 6.61 Å². The summed E-state index contributed by atoms with van der Waals surface area (Å²) in [7, 11) is 0. The zero-order valence-corrected chi connectivity index (χ0v) is 16.2. The molecular weight excluding hydrogens is 352 g/mol. The minimum Gasteiger partial charge on any atom is -0.395 e. The third-order valence-corrected chi connectivity index (χ3v) is 6.01. The first-order valence-corrected chi connectivity index (χ1v) is 9.84. The number of β-amino-alcohol motifs (C(OH)–C–C–N with tert-alkyl or cyclic N) is 1. The summed E-state index contributed by atoms with van der Waals surface area (Å²) in [6.07, 6.45) is 2.03. The molecule has 2 N–H and O–H groups in total. The Morgan fingerprint density at radius 1 is 1.19 bits per heavy atom. The number of rotatable bonds is 4. The monoisotopic (exact) mass is 380 g/mol. The van der Waals surface area contributed by atoms with E-state index < -0.39 is 0 Å². The van der Waals surface area contributed by atoms with Gasteiger partial charge in [0.2, 0.25) is 0 Å². The summed E-state index contributed by atoms with van der Waals surface area (Å²) in [5, 5.41) is 12.7. The lowest BCUT2D eigenvalue weighted by atomic mass is 10.0. The van der Waals surface area contributed by atoms with E-state index in [2.05, 4.69) is 15.1 Å². The number of nitrogens with one attached hydrogen (secondary N) is 1. The number of aliphatic hydroxyl groups excluding tert-OH is 1. The zero-order valence-electron chi connectivity index (χ0n) is 15.5. The number of hydrogen-bond acceptors (Lipinski definition) is 4. The predicted molar refractivity (Wildman–Crippen MR) is 105 cm³/mol. The molecule has 0 spiro atoms. The maximum absolute atomic E-state index is 12.6. The van der Waals surface area contributed by atoms with Crippen molar-refractivity contribution in [1.82, 2.24) is 14.7 Å². The molecule has 7 heteroatoms. The van der Waals surface area contributed by atoms with Gasteiger partial charge in [-0.25, -0.2) is 4.79 Å². The minimum absolute atomic E-state index is 0.0402. The lowest BCUT2D eigenvalue weighted by Gasteiger charge is -2.42. The Kier molecular flexibility index (Phi) is 6.75. The van der Waals surface area contributed by atoms with Crippen LogP contribution in [0.25, 0.3) is 0 Å². The molecular formula is C19H29ClN4O2. The van der Waals surface area contributed by atoms with Crippen molar-refractivity contribution in [3.05, 3.63) is 28.8 Å². The van der Waals surface area contributed by atoms with Gasteiger partial charge in [0.15, 0.2) is 0 Å². The number of amides is 2. The van der Waals surface area contributed by atoms with Crippen molar-refractivity contribution in [2.24, 2.45) is 0 Å². The standard InChI is InChI=1S/C19H29ClN4O2/c1-15-17(20)3-2-4-18(15)21-19(26)24-7-5-16(6-8-24)23-11-9-22(10-12-23)13-14-25/h2-4,16,25H,5-14H2,1H3,(H,21,26). The van der Waals surface area contributed by atoms with E-state index in [-0.39, 0.29) is 12.6 Å². The van der Waals surface area contributed by atoms with Gasteiger partial charge in [-0.15, -0.1) is 0 Å². The second-order valence-electron chi connectivity index (χ2n) is 7.16. The Labute approximate surface area is 160 Å². The smallest absolute Gasteiger partial charge is 0.321 e. The summed E-state index contributed by atoms with van der Waals surface area (Å²) in [5.41, 5.74) is 1.68. The minimum atomic E-state index is -0.0402. The molecule has 2 amide bonds. The number of carbonyl (C=O) groups is 1. The van der Waals surface area contributed by atoms with Crippen LogP contribution in [0.3, 0.4) is 0 Å².